The van der Waals surface area contributed by atoms with E-state index >= 15 is 0 Å². The highest BCUT2D eigenvalue weighted by atomic mass is 16.5. The van der Waals surface area contributed by atoms with Crippen molar-refractivity contribution in [2.45, 2.75) is 25.4 Å². The predicted octanol–water partition coefficient (Wildman–Crippen LogP) is 3.31. The number of nitrogens with zero attached hydrogens (tertiary/aromatic N) is 3. The lowest BCUT2D eigenvalue weighted by Crippen LogP contribution is -2.36. The number of carbonyl (C=O) groups excluding carboxylic acids is 2. The van der Waals surface area contributed by atoms with E-state index < -0.39 is 0 Å². The number of para-hydroxylation sites is 1. The maximum absolute atomic E-state index is 12.9. The number of nitrogens with one attached hydrogen (secondary N) is 1. The van der Waals surface area contributed by atoms with Gasteiger partial charge in [-0.25, -0.2) is 4.68 Å². The van der Waals surface area contributed by atoms with Crippen LogP contribution >= 0.6 is 0 Å². The summed E-state index contributed by atoms with van der Waals surface area (Å²) >= 11 is 0. The molecule has 2 amide bonds. The van der Waals surface area contributed by atoms with Crippen molar-refractivity contribution in [3.8, 4) is 11.4 Å². The lowest BCUT2D eigenvalue weighted by Gasteiger charge is -2.21. The Balaban J connectivity index is 1.17. The number of fused-ring (bicyclic) bond motifs is 1. The highest BCUT2D eigenvalue weighted by Gasteiger charge is 2.25. The Kier molecular flexibility index (Phi) is 6.31. The van der Waals surface area contributed by atoms with E-state index in [1.54, 1.807) is 41.2 Å². The minimum Gasteiger partial charge on any atom is -0.488 e. The van der Waals surface area contributed by atoms with Crippen molar-refractivity contribution in [2.75, 3.05) is 32.1 Å². The van der Waals surface area contributed by atoms with Gasteiger partial charge in [-0.15, -0.1) is 0 Å². The summed E-state index contributed by atoms with van der Waals surface area (Å²) in [6.07, 6.45) is 5.65. The summed E-state index contributed by atoms with van der Waals surface area (Å²) in [6, 6.07) is 15.3. The van der Waals surface area contributed by atoms with E-state index in [2.05, 4.69) is 16.5 Å². The molecule has 3 heterocycles. The number of carbonyl (C=O) groups is 2. The molecule has 0 aliphatic carbocycles. The zero-order valence-electron chi connectivity index (χ0n) is 19.1. The second-order valence-corrected chi connectivity index (χ2v) is 8.83. The molecule has 2 aliphatic rings. The summed E-state index contributed by atoms with van der Waals surface area (Å²) in [7, 11) is 1.80. The number of rotatable bonds is 6. The van der Waals surface area contributed by atoms with Gasteiger partial charge in [0.2, 0.25) is 5.91 Å². The van der Waals surface area contributed by atoms with Crippen molar-refractivity contribution in [3.63, 3.8) is 0 Å². The van der Waals surface area contributed by atoms with Gasteiger partial charge in [-0.05, 0) is 48.7 Å². The fourth-order valence-corrected chi connectivity index (χ4v) is 4.45. The van der Waals surface area contributed by atoms with Crippen LogP contribution in [0.2, 0.25) is 0 Å². The fourth-order valence-electron chi connectivity index (χ4n) is 4.45. The van der Waals surface area contributed by atoms with Crippen LogP contribution in [0.15, 0.2) is 60.9 Å². The third kappa shape index (κ3) is 4.82. The van der Waals surface area contributed by atoms with Crippen LogP contribution < -0.4 is 10.1 Å². The van der Waals surface area contributed by atoms with E-state index in [4.69, 9.17) is 9.47 Å². The van der Waals surface area contributed by atoms with Crippen molar-refractivity contribution < 1.29 is 19.1 Å². The van der Waals surface area contributed by atoms with Gasteiger partial charge in [0.25, 0.3) is 5.91 Å². The van der Waals surface area contributed by atoms with Crippen LogP contribution in [0, 0.1) is 5.92 Å². The molecule has 0 spiro atoms. The first kappa shape index (κ1) is 22.2. The molecule has 176 valence electrons. The van der Waals surface area contributed by atoms with Gasteiger partial charge in [0.1, 0.15) is 11.9 Å². The Bertz CT molecular complexity index is 1140. The van der Waals surface area contributed by atoms with E-state index in [9.17, 15) is 9.59 Å². The van der Waals surface area contributed by atoms with Crippen LogP contribution in [0.3, 0.4) is 0 Å². The van der Waals surface area contributed by atoms with Crippen molar-refractivity contribution >= 4 is 17.5 Å². The molecule has 8 nitrogen and oxygen atoms in total. The lowest BCUT2D eigenvalue weighted by atomic mass is 9.99. The van der Waals surface area contributed by atoms with E-state index in [1.807, 2.05) is 30.3 Å². The Labute approximate surface area is 198 Å². The Morgan fingerprint density at radius 1 is 1.12 bits per heavy atom. The SMILES string of the molecule is CN(C[C@H]1Cc2ccccc2O1)C(=O)c1ccc(-n2cc(NC(=O)C3CCOCC3)cn2)cc1. The van der Waals surface area contributed by atoms with Gasteiger partial charge in [-0.2, -0.15) is 5.10 Å². The van der Waals surface area contributed by atoms with Gasteiger partial charge in [0.05, 0.1) is 30.3 Å². The summed E-state index contributed by atoms with van der Waals surface area (Å²) in [6.45, 7) is 1.77. The molecule has 1 fully saturated rings. The van der Waals surface area contributed by atoms with E-state index in [0.717, 1.165) is 30.7 Å². The van der Waals surface area contributed by atoms with Crippen LogP contribution in [0.1, 0.15) is 28.8 Å². The summed E-state index contributed by atoms with van der Waals surface area (Å²) < 4.78 is 13.0. The molecular formula is C26H28N4O4. The first-order chi connectivity index (χ1) is 16.6. The number of amides is 2. The third-order valence-electron chi connectivity index (χ3n) is 6.36. The monoisotopic (exact) mass is 460 g/mol. The Morgan fingerprint density at radius 2 is 1.88 bits per heavy atom. The number of hydrogen-bond donors (Lipinski definition) is 1. The van der Waals surface area contributed by atoms with Crippen molar-refractivity contribution in [2.24, 2.45) is 5.92 Å². The maximum Gasteiger partial charge on any atom is 0.253 e. The zero-order chi connectivity index (χ0) is 23.5. The minimum absolute atomic E-state index is 0.00108. The molecule has 1 aromatic heterocycles. The van der Waals surface area contributed by atoms with Gasteiger partial charge in [0.15, 0.2) is 0 Å². The second kappa shape index (κ2) is 9.69. The quantitative estimate of drug-likeness (QED) is 0.610. The topological polar surface area (TPSA) is 85.7 Å². The molecule has 1 saturated heterocycles. The van der Waals surface area contributed by atoms with Gasteiger partial charge in [-0.1, -0.05) is 18.2 Å². The number of anilines is 1. The van der Waals surface area contributed by atoms with E-state index in [1.165, 1.54) is 5.56 Å². The third-order valence-corrected chi connectivity index (χ3v) is 6.36. The molecule has 0 bridgehead atoms. The number of hydrogen-bond acceptors (Lipinski definition) is 5. The molecule has 8 heteroatoms. The largest absolute Gasteiger partial charge is 0.488 e. The predicted molar refractivity (Wildman–Crippen MR) is 127 cm³/mol. The molecule has 2 aliphatic heterocycles. The van der Waals surface area contributed by atoms with Crippen molar-refractivity contribution in [1.82, 2.24) is 14.7 Å². The van der Waals surface area contributed by atoms with Gasteiger partial charge in [-0.3, -0.25) is 9.59 Å². The van der Waals surface area contributed by atoms with E-state index in [0.29, 0.717) is 31.0 Å². The molecule has 34 heavy (non-hydrogen) atoms. The standard InChI is InChI=1S/C26H28N4O4/c1-29(17-23-14-20-4-2-3-5-24(20)34-23)26(32)19-6-8-22(9-7-19)30-16-21(15-27-30)28-25(31)18-10-12-33-13-11-18/h2-9,15-16,18,23H,10-14,17H2,1H3,(H,28,31)/t23-/m1/s1. The smallest absolute Gasteiger partial charge is 0.253 e. The highest BCUT2D eigenvalue weighted by molar-refractivity contribution is 5.94. The summed E-state index contributed by atoms with van der Waals surface area (Å²) in [5, 5.41) is 7.28. The molecule has 0 unspecified atom stereocenters. The van der Waals surface area contributed by atoms with Crippen molar-refractivity contribution in [1.29, 1.82) is 0 Å². The van der Waals surface area contributed by atoms with Crippen LogP contribution in [0.4, 0.5) is 5.69 Å². The first-order valence-corrected chi connectivity index (χ1v) is 11.6. The average Bonchev–Trinajstić information content (AvgIpc) is 3.50. The number of ether oxygens (including phenoxy) is 2. The zero-order valence-corrected chi connectivity index (χ0v) is 19.1. The van der Waals surface area contributed by atoms with Crippen LogP contribution in [-0.4, -0.2) is 59.4 Å². The molecule has 5 rings (SSSR count). The summed E-state index contributed by atoms with van der Waals surface area (Å²) in [4.78, 5) is 27.0. The van der Waals surface area contributed by atoms with E-state index in [-0.39, 0.29) is 23.8 Å². The molecule has 2 aromatic carbocycles. The van der Waals surface area contributed by atoms with Gasteiger partial charge < -0.3 is 19.7 Å². The van der Waals surface area contributed by atoms with Crippen LogP contribution in [0.5, 0.6) is 5.75 Å². The Morgan fingerprint density at radius 3 is 2.65 bits per heavy atom. The molecule has 0 saturated carbocycles. The first-order valence-electron chi connectivity index (χ1n) is 11.6. The molecule has 1 N–H and O–H groups in total. The van der Waals surface area contributed by atoms with Crippen LogP contribution in [-0.2, 0) is 16.0 Å². The highest BCUT2D eigenvalue weighted by Crippen LogP contribution is 2.28. The molecular weight excluding hydrogens is 432 g/mol. The van der Waals surface area contributed by atoms with Gasteiger partial charge in [0, 0.05) is 38.2 Å². The number of benzene rings is 2. The normalized spacial score (nSPS) is 17.6. The second-order valence-electron chi connectivity index (χ2n) is 8.83. The Hall–Kier alpha value is -3.65. The fraction of sp³-hybridized carbons (Fsp3) is 0.346. The lowest BCUT2D eigenvalue weighted by molar-refractivity contribution is -0.122. The number of aromatic nitrogens is 2. The maximum atomic E-state index is 12.9. The van der Waals surface area contributed by atoms with Gasteiger partial charge >= 0.3 is 0 Å². The summed E-state index contributed by atoms with van der Waals surface area (Å²) in [5.74, 6) is 0.820. The molecule has 1 atom stereocenters. The number of likely N-dealkylation sites (N-methyl/N-ethyl adjacent to an activating group) is 1. The van der Waals surface area contributed by atoms with Crippen LogP contribution in [0.25, 0.3) is 5.69 Å². The van der Waals surface area contributed by atoms with Crippen molar-refractivity contribution in [3.05, 3.63) is 72.1 Å². The average molecular weight is 461 g/mol. The molecule has 3 aromatic rings. The molecule has 0 radical (unpaired) electrons. The summed E-state index contributed by atoms with van der Waals surface area (Å²) in [5.41, 5.74) is 3.23. The minimum atomic E-state index is -0.0593.